The highest BCUT2D eigenvalue weighted by Crippen LogP contribution is 2.27. The Hall–Kier alpha value is -2.17. The molecule has 0 spiro atoms. The van der Waals surface area contributed by atoms with E-state index >= 15 is 0 Å². The minimum absolute atomic E-state index is 0.0470. The van der Waals surface area contributed by atoms with Gasteiger partial charge in [-0.3, -0.25) is 0 Å². The van der Waals surface area contributed by atoms with Crippen LogP contribution in [0.3, 0.4) is 0 Å². The Bertz CT molecular complexity index is 852. The standard InChI is InChI=1S/C21H22N2S2/c1-14-9-11-17(12-10-14)20(19-8-5-13-25-19)23-21(24)22-18-7-4-6-15(2)16(18)3/h4-13,20H,1-3H3,(H2,22,23,24)/t20-/m1/s1. The molecule has 4 heteroatoms. The van der Waals surface area contributed by atoms with E-state index in [1.807, 2.05) is 6.07 Å². The van der Waals surface area contributed by atoms with Crippen molar-refractivity contribution in [1.82, 2.24) is 5.32 Å². The van der Waals surface area contributed by atoms with Crippen LogP contribution in [-0.4, -0.2) is 5.11 Å². The first kappa shape index (κ1) is 17.6. The molecule has 0 aliphatic rings. The summed E-state index contributed by atoms with van der Waals surface area (Å²) in [5.74, 6) is 0. The van der Waals surface area contributed by atoms with Gasteiger partial charge in [0.15, 0.2) is 5.11 Å². The zero-order valence-corrected chi connectivity index (χ0v) is 16.3. The summed E-state index contributed by atoms with van der Waals surface area (Å²) in [5.41, 5.74) is 5.98. The van der Waals surface area contributed by atoms with E-state index in [0.29, 0.717) is 5.11 Å². The first-order valence-corrected chi connectivity index (χ1v) is 9.57. The quantitative estimate of drug-likeness (QED) is 0.575. The van der Waals surface area contributed by atoms with Gasteiger partial charge in [-0.1, -0.05) is 48.0 Å². The van der Waals surface area contributed by atoms with E-state index in [-0.39, 0.29) is 6.04 Å². The first-order chi connectivity index (χ1) is 12.0. The molecule has 128 valence electrons. The molecule has 1 aromatic heterocycles. The van der Waals surface area contributed by atoms with Gasteiger partial charge in [0.1, 0.15) is 0 Å². The van der Waals surface area contributed by atoms with E-state index in [0.717, 1.165) is 5.69 Å². The number of thiocarbonyl (C=S) groups is 1. The second-order valence-corrected chi connectivity index (χ2v) is 7.59. The molecule has 25 heavy (non-hydrogen) atoms. The molecule has 1 atom stereocenters. The second kappa shape index (κ2) is 7.81. The maximum Gasteiger partial charge on any atom is 0.171 e. The number of hydrogen-bond acceptors (Lipinski definition) is 2. The molecule has 1 heterocycles. The lowest BCUT2D eigenvalue weighted by molar-refractivity contribution is 0.784. The maximum atomic E-state index is 5.60. The number of thiophene rings is 1. The summed E-state index contributed by atoms with van der Waals surface area (Å²) in [4.78, 5) is 1.24. The topological polar surface area (TPSA) is 24.1 Å². The molecule has 0 fully saturated rings. The third-order valence-electron chi connectivity index (χ3n) is 4.37. The molecule has 2 N–H and O–H groups in total. The van der Waals surface area contributed by atoms with Crippen molar-refractivity contribution in [1.29, 1.82) is 0 Å². The zero-order valence-electron chi connectivity index (χ0n) is 14.7. The van der Waals surface area contributed by atoms with E-state index < -0.39 is 0 Å². The smallest absolute Gasteiger partial charge is 0.171 e. The van der Waals surface area contributed by atoms with Crippen LogP contribution in [0.25, 0.3) is 0 Å². The fourth-order valence-corrected chi connectivity index (χ4v) is 3.74. The molecule has 0 saturated carbocycles. The minimum atomic E-state index is 0.0470. The third-order valence-corrected chi connectivity index (χ3v) is 5.52. The van der Waals surface area contributed by atoms with Crippen molar-refractivity contribution in [2.75, 3.05) is 5.32 Å². The van der Waals surface area contributed by atoms with E-state index in [1.54, 1.807) is 11.3 Å². The van der Waals surface area contributed by atoms with E-state index in [2.05, 4.69) is 85.3 Å². The molecule has 3 rings (SSSR count). The van der Waals surface area contributed by atoms with Crippen LogP contribution in [0.15, 0.2) is 60.0 Å². The number of hydrogen-bond donors (Lipinski definition) is 2. The Labute approximate surface area is 158 Å². The predicted molar refractivity (Wildman–Crippen MR) is 113 cm³/mol. The van der Waals surface area contributed by atoms with Crippen LogP contribution in [0.4, 0.5) is 5.69 Å². The average molecular weight is 367 g/mol. The number of nitrogens with one attached hydrogen (secondary N) is 2. The van der Waals surface area contributed by atoms with Gasteiger partial charge in [0, 0.05) is 10.6 Å². The highest BCUT2D eigenvalue weighted by atomic mass is 32.1. The third kappa shape index (κ3) is 4.27. The van der Waals surface area contributed by atoms with Crippen molar-refractivity contribution in [3.63, 3.8) is 0 Å². The second-order valence-electron chi connectivity index (χ2n) is 6.21. The molecule has 0 amide bonds. The molecule has 0 bridgehead atoms. The van der Waals surface area contributed by atoms with Gasteiger partial charge in [-0.25, -0.2) is 0 Å². The van der Waals surface area contributed by atoms with Crippen molar-refractivity contribution in [3.8, 4) is 0 Å². The maximum absolute atomic E-state index is 5.60. The zero-order chi connectivity index (χ0) is 17.8. The van der Waals surface area contributed by atoms with Gasteiger partial charge in [-0.05, 0) is 67.2 Å². The molecular formula is C21H22N2S2. The van der Waals surface area contributed by atoms with Crippen LogP contribution < -0.4 is 10.6 Å². The molecule has 0 saturated heterocycles. The summed E-state index contributed by atoms with van der Waals surface area (Å²) in [6, 6.07) is 19.1. The molecule has 0 aliphatic carbocycles. The van der Waals surface area contributed by atoms with Crippen molar-refractivity contribution >= 4 is 34.4 Å². The Morgan fingerprint density at radius 1 is 0.960 bits per heavy atom. The fraction of sp³-hybridized carbons (Fsp3) is 0.190. The van der Waals surface area contributed by atoms with Crippen LogP contribution in [0.5, 0.6) is 0 Å². The molecule has 3 aromatic rings. The van der Waals surface area contributed by atoms with E-state index in [4.69, 9.17) is 12.2 Å². The molecule has 2 aromatic carbocycles. The Kier molecular flexibility index (Phi) is 5.51. The molecular weight excluding hydrogens is 344 g/mol. The summed E-state index contributed by atoms with van der Waals surface area (Å²) in [6.45, 7) is 6.32. The average Bonchev–Trinajstić information content (AvgIpc) is 3.12. The van der Waals surface area contributed by atoms with Gasteiger partial charge < -0.3 is 10.6 Å². The van der Waals surface area contributed by atoms with E-state index in [1.165, 1.54) is 27.1 Å². The Morgan fingerprint density at radius 3 is 2.40 bits per heavy atom. The predicted octanol–water partition coefficient (Wildman–Crippen LogP) is 5.75. The van der Waals surface area contributed by atoms with E-state index in [9.17, 15) is 0 Å². The van der Waals surface area contributed by atoms with Crippen LogP contribution in [0.2, 0.25) is 0 Å². The lowest BCUT2D eigenvalue weighted by atomic mass is 10.0. The fourth-order valence-electron chi connectivity index (χ4n) is 2.71. The lowest BCUT2D eigenvalue weighted by Gasteiger charge is -2.21. The van der Waals surface area contributed by atoms with Crippen LogP contribution in [0, 0.1) is 20.8 Å². The highest BCUT2D eigenvalue weighted by Gasteiger charge is 2.16. The summed E-state index contributed by atoms with van der Waals surface area (Å²) in [7, 11) is 0. The normalized spacial score (nSPS) is 11.8. The lowest BCUT2D eigenvalue weighted by Crippen LogP contribution is -2.32. The Balaban J connectivity index is 1.82. The van der Waals surface area contributed by atoms with Gasteiger partial charge in [0.25, 0.3) is 0 Å². The highest BCUT2D eigenvalue weighted by molar-refractivity contribution is 7.80. The summed E-state index contributed by atoms with van der Waals surface area (Å²) in [5, 5.41) is 9.56. The Morgan fingerprint density at radius 2 is 1.72 bits per heavy atom. The van der Waals surface area contributed by atoms with Crippen molar-refractivity contribution in [2.45, 2.75) is 26.8 Å². The summed E-state index contributed by atoms with van der Waals surface area (Å²) in [6.07, 6.45) is 0. The SMILES string of the molecule is Cc1ccc([C@@H](NC(=S)Nc2cccc(C)c2C)c2cccs2)cc1. The van der Waals surface area contributed by atoms with Gasteiger partial charge in [-0.15, -0.1) is 11.3 Å². The van der Waals surface area contributed by atoms with Crippen molar-refractivity contribution in [3.05, 3.63) is 87.1 Å². The number of aryl methyl sites for hydroxylation is 2. The molecule has 0 aliphatic heterocycles. The molecule has 0 unspecified atom stereocenters. The number of anilines is 1. The van der Waals surface area contributed by atoms with Crippen LogP contribution >= 0.6 is 23.6 Å². The molecule has 2 nitrogen and oxygen atoms in total. The summed E-state index contributed by atoms with van der Waals surface area (Å²) < 4.78 is 0. The van der Waals surface area contributed by atoms with Crippen molar-refractivity contribution in [2.24, 2.45) is 0 Å². The minimum Gasteiger partial charge on any atom is -0.351 e. The monoisotopic (exact) mass is 366 g/mol. The van der Waals surface area contributed by atoms with Crippen LogP contribution in [-0.2, 0) is 0 Å². The largest absolute Gasteiger partial charge is 0.351 e. The van der Waals surface area contributed by atoms with Gasteiger partial charge in [0.2, 0.25) is 0 Å². The van der Waals surface area contributed by atoms with Crippen LogP contribution in [0.1, 0.15) is 33.2 Å². The molecule has 0 radical (unpaired) electrons. The number of rotatable bonds is 4. The first-order valence-electron chi connectivity index (χ1n) is 8.28. The van der Waals surface area contributed by atoms with Gasteiger partial charge in [-0.2, -0.15) is 0 Å². The number of benzene rings is 2. The van der Waals surface area contributed by atoms with Crippen molar-refractivity contribution < 1.29 is 0 Å². The summed E-state index contributed by atoms with van der Waals surface area (Å²) >= 11 is 7.33. The van der Waals surface area contributed by atoms with Gasteiger partial charge >= 0.3 is 0 Å². The van der Waals surface area contributed by atoms with Gasteiger partial charge in [0.05, 0.1) is 6.04 Å².